The van der Waals surface area contributed by atoms with Gasteiger partial charge < -0.3 is 9.30 Å². The van der Waals surface area contributed by atoms with Gasteiger partial charge in [0.1, 0.15) is 11.3 Å². The molecule has 0 amide bonds. The van der Waals surface area contributed by atoms with Gasteiger partial charge in [0.25, 0.3) is 0 Å². The highest BCUT2D eigenvalue weighted by Crippen LogP contribution is 2.29. The van der Waals surface area contributed by atoms with Gasteiger partial charge in [-0.25, -0.2) is 15.0 Å². The number of imidazole rings is 1. The molecule has 3 rings (SSSR count). The van der Waals surface area contributed by atoms with Gasteiger partial charge in [-0.15, -0.1) is 0 Å². The SMILES string of the molecule is COc1ccc(-c2ncc3c(ncn3C)n2)c(Cl)c1. The number of fused-ring (bicyclic) bond motifs is 1. The second-order valence-electron chi connectivity index (χ2n) is 4.10. The van der Waals surface area contributed by atoms with Gasteiger partial charge in [0.15, 0.2) is 11.5 Å². The molecule has 2 aromatic heterocycles. The summed E-state index contributed by atoms with van der Waals surface area (Å²) in [5, 5.41) is 0.551. The Labute approximate surface area is 114 Å². The molecular formula is C13H11ClN4O. The van der Waals surface area contributed by atoms with Crippen molar-refractivity contribution in [2.75, 3.05) is 7.11 Å². The number of hydrogen-bond donors (Lipinski definition) is 0. The monoisotopic (exact) mass is 274 g/mol. The Hall–Kier alpha value is -2.14. The second kappa shape index (κ2) is 4.51. The van der Waals surface area contributed by atoms with Crippen molar-refractivity contribution in [1.29, 1.82) is 0 Å². The number of aromatic nitrogens is 4. The van der Waals surface area contributed by atoms with E-state index in [-0.39, 0.29) is 0 Å². The number of rotatable bonds is 2. The van der Waals surface area contributed by atoms with Gasteiger partial charge in [0.05, 0.1) is 24.7 Å². The number of methoxy groups -OCH3 is 1. The minimum atomic E-state index is 0.551. The summed E-state index contributed by atoms with van der Waals surface area (Å²) in [5.74, 6) is 1.26. The van der Waals surface area contributed by atoms with Gasteiger partial charge in [0, 0.05) is 12.6 Å². The molecule has 3 aromatic rings. The molecule has 0 unspecified atom stereocenters. The molecule has 5 nitrogen and oxygen atoms in total. The van der Waals surface area contributed by atoms with Crippen molar-refractivity contribution in [3.05, 3.63) is 35.7 Å². The van der Waals surface area contributed by atoms with Crippen LogP contribution in [0.1, 0.15) is 0 Å². The van der Waals surface area contributed by atoms with Gasteiger partial charge in [-0.2, -0.15) is 0 Å². The quantitative estimate of drug-likeness (QED) is 0.721. The minimum absolute atomic E-state index is 0.551. The summed E-state index contributed by atoms with van der Waals surface area (Å²) in [4.78, 5) is 13.0. The Kier molecular flexibility index (Phi) is 2.83. The highest BCUT2D eigenvalue weighted by Gasteiger charge is 2.10. The third-order valence-corrected chi connectivity index (χ3v) is 3.21. The Bertz CT molecular complexity index is 753. The fraction of sp³-hybridized carbons (Fsp3) is 0.154. The molecule has 0 N–H and O–H groups in total. The number of aryl methyl sites for hydroxylation is 1. The van der Waals surface area contributed by atoms with Crippen molar-refractivity contribution >= 4 is 22.8 Å². The average Bonchev–Trinajstić information content (AvgIpc) is 2.79. The van der Waals surface area contributed by atoms with Crippen LogP contribution in [0.15, 0.2) is 30.7 Å². The van der Waals surface area contributed by atoms with Crippen molar-refractivity contribution < 1.29 is 4.74 Å². The van der Waals surface area contributed by atoms with Gasteiger partial charge >= 0.3 is 0 Å². The smallest absolute Gasteiger partial charge is 0.181 e. The van der Waals surface area contributed by atoms with Crippen molar-refractivity contribution in [2.45, 2.75) is 0 Å². The number of benzene rings is 1. The topological polar surface area (TPSA) is 52.8 Å². The normalized spacial score (nSPS) is 10.9. The fourth-order valence-electron chi connectivity index (χ4n) is 1.85. The highest BCUT2D eigenvalue weighted by atomic mass is 35.5. The maximum atomic E-state index is 6.21. The van der Waals surface area contributed by atoms with E-state index in [1.807, 2.05) is 23.7 Å². The Morgan fingerprint density at radius 3 is 2.84 bits per heavy atom. The van der Waals surface area contributed by atoms with E-state index in [0.29, 0.717) is 22.2 Å². The van der Waals surface area contributed by atoms with E-state index in [1.165, 1.54) is 0 Å². The summed E-state index contributed by atoms with van der Waals surface area (Å²) in [6, 6.07) is 5.40. The van der Waals surface area contributed by atoms with Crippen molar-refractivity contribution in [3.8, 4) is 17.1 Å². The van der Waals surface area contributed by atoms with E-state index in [4.69, 9.17) is 16.3 Å². The van der Waals surface area contributed by atoms with E-state index < -0.39 is 0 Å². The highest BCUT2D eigenvalue weighted by molar-refractivity contribution is 6.33. The van der Waals surface area contributed by atoms with Crippen LogP contribution in [0.5, 0.6) is 5.75 Å². The Balaban J connectivity index is 2.13. The fourth-order valence-corrected chi connectivity index (χ4v) is 2.10. The third-order valence-electron chi connectivity index (χ3n) is 2.90. The lowest BCUT2D eigenvalue weighted by molar-refractivity contribution is 0.415. The first-order valence-corrected chi connectivity index (χ1v) is 6.05. The number of nitrogens with zero attached hydrogens (tertiary/aromatic N) is 4. The summed E-state index contributed by atoms with van der Waals surface area (Å²) >= 11 is 6.21. The molecule has 0 fully saturated rings. The summed E-state index contributed by atoms with van der Waals surface area (Å²) < 4.78 is 6.99. The van der Waals surface area contributed by atoms with Crippen LogP contribution in [0.2, 0.25) is 5.02 Å². The van der Waals surface area contributed by atoms with Crippen molar-refractivity contribution in [3.63, 3.8) is 0 Å². The average molecular weight is 275 g/mol. The minimum Gasteiger partial charge on any atom is -0.497 e. The predicted octanol–water partition coefficient (Wildman–Crippen LogP) is 2.69. The molecule has 0 aliphatic heterocycles. The van der Waals surface area contributed by atoms with Gasteiger partial charge in [-0.05, 0) is 18.2 Å². The first-order valence-electron chi connectivity index (χ1n) is 5.67. The predicted molar refractivity (Wildman–Crippen MR) is 73.3 cm³/mol. The Morgan fingerprint density at radius 2 is 2.11 bits per heavy atom. The zero-order valence-electron chi connectivity index (χ0n) is 10.5. The molecule has 96 valence electrons. The standard InChI is InChI=1S/C13H11ClN4O/c1-18-7-16-13-11(18)6-15-12(17-13)9-4-3-8(19-2)5-10(9)14/h3-7H,1-2H3. The number of ether oxygens (including phenoxy) is 1. The van der Waals surface area contributed by atoms with Gasteiger partial charge in [-0.3, -0.25) is 0 Å². The largest absolute Gasteiger partial charge is 0.497 e. The summed E-state index contributed by atoms with van der Waals surface area (Å²) in [5.41, 5.74) is 2.29. The van der Waals surface area contributed by atoms with E-state index in [2.05, 4.69) is 15.0 Å². The molecule has 0 radical (unpaired) electrons. The van der Waals surface area contributed by atoms with E-state index in [9.17, 15) is 0 Å². The van der Waals surface area contributed by atoms with Crippen molar-refractivity contribution in [2.24, 2.45) is 7.05 Å². The molecule has 0 aliphatic carbocycles. The summed E-state index contributed by atoms with van der Waals surface area (Å²) in [6.07, 6.45) is 3.45. The molecule has 0 saturated heterocycles. The van der Waals surface area contributed by atoms with Gasteiger partial charge in [0.2, 0.25) is 0 Å². The van der Waals surface area contributed by atoms with Crippen LogP contribution in [0.25, 0.3) is 22.6 Å². The van der Waals surface area contributed by atoms with Crippen LogP contribution >= 0.6 is 11.6 Å². The summed E-state index contributed by atoms with van der Waals surface area (Å²) in [6.45, 7) is 0. The van der Waals surface area contributed by atoms with Crippen LogP contribution in [0.3, 0.4) is 0 Å². The second-order valence-corrected chi connectivity index (χ2v) is 4.51. The van der Waals surface area contributed by atoms with E-state index in [0.717, 1.165) is 11.1 Å². The zero-order valence-corrected chi connectivity index (χ0v) is 11.2. The van der Waals surface area contributed by atoms with E-state index >= 15 is 0 Å². The lowest BCUT2D eigenvalue weighted by Gasteiger charge is -2.05. The number of hydrogen-bond acceptors (Lipinski definition) is 4. The molecule has 0 bridgehead atoms. The maximum Gasteiger partial charge on any atom is 0.181 e. The van der Waals surface area contributed by atoms with Crippen LogP contribution < -0.4 is 4.74 Å². The molecule has 0 atom stereocenters. The first kappa shape index (κ1) is 11.9. The molecule has 2 heterocycles. The molecule has 0 spiro atoms. The molecule has 0 saturated carbocycles. The van der Waals surface area contributed by atoms with Crippen LogP contribution in [0.4, 0.5) is 0 Å². The third kappa shape index (κ3) is 2.02. The maximum absolute atomic E-state index is 6.21. The lowest BCUT2D eigenvalue weighted by Crippen LogP contribution is -1.93. The molecule has 1 aromatic carbocycles. The molecule has 0 aliphatic rings. The van der Waals surface area contributed by atoms with Gasteiger partial charge in [-0.1, -0.05) is 11.6 Å². The van der Waals surface area contributed by atoms with Crippen LogP contribution in [0, 0.1) is 0 Å². The van der Waals surface area contributed by atoms with Crippen molar-refractivity contribution in [1.82, 2.24) is 19.5 Å². The van der Waals surface area contributed by atoms with Crippen LogP contribution in [-0.2, 0) is 7.05 Å². The van der Waals surface area contributed by atoms with E-state index in [1.54, 1.807) is 25.7 Å². The van der Waals surface area contributed by atoms with Crippen LogP contribution in [-0.4, -0.2) is 26.6 Å². The Morgan fingerprint density at radius 1 is 1.26 bits per heavy atom. The molecule has 19 heavy (non-hydrogen) atoms. The summed E-state index contributed by atoms with van der Waals surface area (Å²) in [7, 11) is 3.50. The lowest BCUT2D eigenvalue weighted by atomic mass is 10.2. The first-order chi connectivity index (χ1) is 9.19. The molecule has 6 heteroatoms. The molecular weight excluding hydrogens is 264 g/mol. The zero-order chi connectivity index (χ0) is 13.4. The number of halogens is 1.